The van der Waals surface area contributed by atoms with Gasteiger partial charge in [-0.2, -0.15) is 4.98 Å². The number of aryl methyl sites for hydroxylation is 2. The van der Waals surface area contributed by atoms with E-state index in [1.807, 2.05) is 49.5 Å². The number of rotatable bonds is 5. The summed E-state index contributed by atoms with van der Waals surface area (Å²) in [5.41, 5.74) is 5.98. The van der Waals surface area contributed by atoms with Crippen LogP contribution in [0.5, 0.6) is 0 Å². The third-order valence-corrected chi connectivity index (χ3v) is 5.15. The second kappa shape index (κ2) is 8.51. The number of nitrogens with one attached hydrogen (secondary N) is 1. The van der Waals surface area contributed by atoms with Gasteiger partial charge in [0.15, 0.2) is 0 Å². The molecular weight excluding hydrogens is 396 g/mol. The van der Waals surface area contributed by atoms with Crippen LogP contribution < -0.4 is 5.32 Å². The Morgan fingerprint density at radius 2 is 1.90 bits per heavy atom. The number of halogens is 1. The van der Waals surface area contributed by atoms with Crippen molar-refractivity contribution in [1.29, 1.82) is 0 Å². The van der Waals surface area contributed by atoms with Crippen LogP contribution in [0.2, 0.25) is 5.02 Å². The lowest BCUT2D eigenvalue weighted by Crippen LogP contribution is -1.96. The zero-order valence-corrected chi connectivity index (χ0v) is 17.7. The Balaban J connectivity index is 1.84. The van der Waals surface area contributed by atoms with E-state index < -0.39 is 0 Å². The third-order valence-electron chi connectivity index (χ3n) is 4.92. The molecule has 0 spiro atoms. The van der Waals surface area contributed by atoms with Crippen LogP contribution in [0.3, 0.4) is 0 Å². The molecule has 2 aromatic carbocycles. The highest BCUT2D eigenvalue weighted by atomic mass is 35.5. The maximum atomic E-state index is 6.26. The van der Waals surface area contributed by atoms with Gasteiger partial charge in [0, 0.05) is 23.8 Å². The van der Waals surface area contributed by atoms with Gasteiger partial charge < -0.3 is 9.84 Å². The van der Waals surface area contributed by atoms with Crippen molar-refractivity contribution < 1.29 is 4.52 Å². The first-order chi connectivity index (χ1) is 14.5. The van der Waals surface area contributed by atoms with E-state index >= 15 is 0 Å². The van der Waals surface area contributed by atoms with Gasteiger partial charge in [-0.1, -0.05) is 47.1 Å². The van der Waals surface area contributed by atoms with Crippen LogP contribution in [-0.4, -0.2) is 22.2 Å². The van der Waals surface area contributed by atoms with Gasteiger partial charge in [0.05, 0.1) is 5.56 Å². The van der Waals surface area contributed by atoms with Crippen molar-refractivity contribution in [3.05, 3.63) is 94.0 Å². The minimum Gasteiger partial charge on any atom is -0.373 e. The number of benzene rings is 2. The second-order valence-corrected chi connectivity index (χ2v) is 7.42. The number of aromatic nitrogens is 3. The summed E-state index contributed by atoms with van der Waals surface area (Å²) in [6, 6.07) is 17.7. The molecule has 30 heavy (non-hydrogen) atoms. The molecule has 0 saturated carbocycles. The molecule has 5 nitrogen and oxygen atoms in total. The van der Waals surface area contributed by atoms with E-state index in [2.05, 4.69) is 52.5 Å². The minimum absolute atomic E-state index is 0.413. The molecule has 2 heterocycles. The van der Waals surface area contributed by atoms with Gasteiger partial charge in [-0.25, -0.2) is 4.98 Å². The molecule has 0 aliphatic rings. The summed E-state index contributed by atoms with van der Waals surface area (Å²) in [6.45, 7) is 4.19. The molecule has 0 bridgehead atoms. The molecule has 0 saturated heterocycles. The van der Waals surface area contributed by atoms with E-state index in [-0.39, 0.29) is 0 Å². The molecule has 0 amide bonds. The Morgan fingerprint density at radius 3 is 2.67 bits per heavy atom. The summed E-state index contributed by atoms with van der Waals surface area (Å²) in [5.74, 6) is 1.57. The summed E-state index contributed by atoms with van der Waals surface area (Å²) >= 11 is 6.26. The molecule has 2 aromatic heterocycles. The second-order valence-electron chi connectivity index (χ2n) is 6.98. The highest BCUT2D eigenvalue weighted by Gasteiger charge is 2.17. The minimum atomic E-state index is 0.413. The van der Waals surface area contributed by atoms with Gasteiger partial charge in [-0.15, -0.1) is 0 Å². The van der Waals surface area contributed by atoms with Gasteiger partial charge in [-0.05, 0) is 66.4 Å². The largest absolute Gasteiger partial charge is 0.373 e. The van der Waals surface area contributed by atoms with Crippen LogP contribution in [0.15, 0.2) is 65.3 Å². The van der Waals surface area contributed by atoms with Crippen LogP contribution in [0.1, 0.15) is 28.1 Å². The lowest BCUT2D eigenvalue weighted by atomic mass is 10.0. The van der Waals surface area contributed by atoms with Crippen LogP contribution in [0.25, 0.3) is 23.0 Å². The highest BCUT2D eigenvalue weighted by Crippen LogP contribution is 2.30. The number of pyridine rings is 1. The van der Waals surface area contributed by atoms with Gasteiger partial charge in [-0.3, -0.25) is 0 Å². The molecule has 0 unspecified atom stereocenters. The number of anilines is 1. The SMILES string of the molecule is CNc1ncccc1-c1noc(C(=Cc2ccc(C)c(C)c2)c2cccc(Cl)c2)n1. The average Bonchev–Trinajstić information content (AvgIpc) is 3.24. The van der Waals surface area contributed by atoms with E-state index in [0.29, 0.717) is 22.6 Å². The highest BCUT2D eigenvalue weighted by molar-refractivity contribution is 6.30. The molecule has 4 rings (SSSR count). The summed E-state index contributed by atoms with van der Waals surface area (Å²) in [6.07, 6.45) is 3.75. The van der Waals surface area contributed by atoms with Gasteiger partial charge in [0.25, 0.3) is 5.89 Å². The molecule has 6 heteroatoms. The van der Waals surface area contributed by atoms with Gasteiger partial charge in [0.2, 0.25) is 5.82 Å². The van der Waals surface area contributed by atoms with E-state index in [4.69, 9.17) is 16.1 Å². The predicted molar refractivity (Wildman–Crippen MR) is 121 cm³/mol. The van der Waals surface area contributed by atoms with Crippen LogP contribution >= 0.6 is 11.6 Å². The first-order valence-electron chi connectivity index (χ1n) is 9.57. The zero-order valence-electron chi connectivity index (χ0n) is 17.0. The Labute approximate surface area is 180 Å². The summed E-state index contributed by atoms with van der Waals surface area (Å²) in [4.78, 5) is 8.98. The maximum Gasteiger partial charge on any atom is 0.258 e. The average molecular weight is 417 g/mol. The van der Waals surface area contributed by atoms with Crippen molar-refractivity contribution in [2.45, 2.75) is 13.8 Å². The molecular formula is C24H21ClN4O. The van der Waals surface area contributed by atoms with E-state index in [1.165, 1.54) is 11.1 Å². The lowest BCUT2D eigenvalue weighted by molar-refractivity contribution is 0.409. The van der Waals surface area contributed by atoms with Crippen LogP contribution in [0, 0.1) is 13.8 Å². The molecule has 1 N–H and O–H groups in total. The molecule has 0 fully saturated rings. The number of hydrogen-bond donors (Lipinski definition) is 1. The standard InChI is InChI=1S/C24H21ClN4O/c1-15-9-10-17(12-16(15)2)13-21(18-6-4-7-19(25)14-18)24-28-23(29-30-24)20-8-5-11-27-22(20)26-3/h4-14H,1-3H3,(H,26,27). The van der Waals surface area contributed by atoms with E-state index in [9.17, 15) is 0 Å². The lowest BCUT2D eigenvalue weighted by Gasteiger charge is -2.06. The van der Waals surface area contributed by atoms with Crippen molar-refractivity contribution in [3.8, 4) is 11.4 Å². The van der Waals surface area contributed by atoms with E-state index in [1.54, 1.807) is 6.20 Å². The Bertz CT molecular complexity index is 1230. The Kier molecular flexibility index (Phi) is 5.63. The van der Waals surface area contributed by atoms with Crippen molar-refractivity contribution in [3.63, 3.8) is 0 Å². The zero-order chi connectivity index (χ0) is 21.1. The summed E-state index contributed by atoms with van der Waals surface area (Å²) in [7, 11) is 1.81. The smallest absolute Gasteiger partial charge is 0.258 e. The van der Waals surface area contributed by atoms with Crippen molar-refractivity contribution in [2.75, 3.05) is 12.4 Å². The fourth-order valence-electron chi connectivity index (χ4n) is 3.17. The molecule has 4 aromatic rings. The Hall–Kier alpha value is -3.44. The van der Waals surface area contributed by atoms with Gasteiger partial charge >= 0.3 is 0 Å². The van der Waals surface area contributed by atoms with Crippen LogP contribution in [0.4, 0.5) is 5.82 Å². The first kappa shape index (κ1) is 19.9. The number of nitrogens with zero attached hydrogens (tertiary/aromatic N) is 3. The third kappa shape index (κ3) is 4.11. The van der Waals surface area contributed by atoms with E-state index in [0.717, 1.165) is 22.3 Å². The van der Waals surface area contributed by atoms with Crippen molar-refractivity contribution in [2.24, 2.45) is 0 Å². The molecule has 0 aliphatic carbocycles. The van der Waals surface area contributed by atoms with Crippen LogP contribution in [-0.2, 0) is 0 Å². The Morgan fingerprint density at radius 1 is 1.03 bits per heavy atom. The van der Waals surface area contributed by atoms with Crippen molar-refractivity contribution >= 4 is 29.1 Å². The molecule has 150 valence electrons. The summed E-state index contributed by atoms with van der Waals surface area (Å²) < 4.78 is 5.67. The van der Waals surface area contributed by atoms with Gasteiger partial charge in [0.1, 0.15) is 5.82 Å². The fraction of sp³-hybridized carbons (Fsp3) is 0.125. The molecule has 0 atom stereocenters. The maximum absolute atomic E-state index is 6.26. The molecule has 0 radical (unpaired) electrons. The monoisotopic (exact) mass is 416 g/mol. The topological polar surface area (TPSA) is 63.8 Å². The number of hydrogen-bond acceptors (Lipinski definition) is 5. The normalized spacial score (nSPS) is 11.5. The predicted octanol–water partition coefficient (Wildman–Crippen LogP) is 6.03. The molecule has 0 aliphatic heterocycles. The van der Waals surface area contributed by atoms with Crippen molar-refractivity contribution in [1.82, 2.24) is 15.1 Å². The first-order valence-corrected chi connectivity index (χ1v) is 9.95. The quantitative estimate of drug-likeness (QED) is 0.402. The summed E-state index contributed by atoms with van der Waals surface area (Å²) in [5, 5.41) is 7.90. The fourth-order valence-corrected chi connectivity index (χ4v) is 3.36.